The van der Waals surface area contributed by atoms with Crippen LogP contribution in [0.25, 0.3) is 0 Å². The molecule has 0 bridgehead atoms. The minimum absolute atomic E-state index is 0.441. The van der Waals surface area contributed by atoms with Crippen molar-refractivity contribution in [2.24, 2.45) is 11.8 Å². The largest absolute Gasteiger partial charge is 0.302 e. The molecule has 3 nitrogen and oxygen atoms in total. The zero-order valence-corrected chi connectivity index (χ0v) is 11.7. The van der Waals surface area contributed by atoms with Crippen molar-refractivity contribution in [3.8, 4) is 6.07 Å². The van der Waals surface area contributed by atoms with Gasteiger partial charge in [0.25, 0.3) is 0 Å². The molecule has 0 aromatic rings. The average molecular weight is 225 g/mol. The zero-order valence-electron chi connectivity index (χ0n) is 11.7. The highest BCUT2D eigenvalue weighted by molar-refractivity contribution is 5.05. The van der Waals surface area contributed by atoms with E-state index in [4.69, 9.17) is 5.26 Å². The van der Waals surface area contributed by atoms with E-state index in [0.717, 1.165) is 19.6 Å². The van der Waals surface area contributed by atoms with Gasteiger partial charge in [-0.15, -0.1) is 0 Å². The van der Waals surface area contributed by atoms with Gasteiger partial charge in [-0.3, -0.25) is 4.90 Å². The summed E-state index contributed by atoms with van der Waals surface area (Å²) in [6.45, 7) is 13.7. The normalized spacial score (nSPS) is 15.5. The first-order valence-corrected chi connectivity index (χ1v) is 6.15. The molecule has 3 heteroatoms. The molecule has 0 rings (SSSR count). The molecule has 0 heterocycles. The highest BCUT2D eigenvalue weighted by atomic mass is 15.2. The molecule has 0 aliphatic rings. The van der Waals surface area contributed by atoms with Crippen LogP contribution in [0, 0.1) is 23.2 Å². The predicted octanol–water partition coefficient (Wildman–Crippen LogP) is 2.10. The first kappa shape index (κ1) is 15.4. The highest BCUT2D eigenvalue weighted by Gasteiger charge is 2.25. The molecule has 0 amide bonds. The number of nitrogens with zero attached hydrogens (tertiary/aromatic N) is 2. The van der Waals surface area contributed by atoms with E-state index in [1.807, 2.05) is 14.0 Å². The summed E-state index contributed by atoms with van der Waals surface area (Å²) in [5, 5.41) is 12.3. The molecule has 1 atom stereocenters. The second-order valence-electron chi connectivity index (χ2n) is 5.68. The van der Waals surface area contributed by atoms with Crippen LogP contribution < -0.4 is 5.32 Å². The number of hydrogen-bond acceptors (Lipinski definition) is 3. The molecule has 0 aliphatic carbocycles. The van der Waals surface area contributed by atoms with Gasteiger partial charge in [-0.05, 0) is 25.8 Å². The van der Waals surface area contributed by atoms with E-state index in [1.165, 1.54) is 0 Å². The standard InChI is InChI=1S/C13H27N3/c1-11(2)7-16(8-12(3)4)10-13(5,9-14)15-6/h11-12,15H,7-8,10H2,1-6H3. The number of likely N-dealkylation sites (N-methyl/N-ethyl adjacent to an activating group) is 1. The number of rotatable bonds is 7. The summed E-state index contributed by atoms with van der Waals surface area (Å²) in [7, 11) is 1.85. The topological polar surface area (TPSA) is 39.1 Å². The third-order valence-corrected chi connectivity index (χ3v) is 2.59. The van der Waals surface area contributed by atoms with E-state index in [2.05, 4.69) is 44.0 Å². The molecule has 94 valence electrons. The first-order chi connectivity index (χ1) is 7.33. The zero-order chi connectivity index (χ0) is 12.8. The molecule has 0 fully saturated rings. The lowest BCUT2D eigenvalue weighted by Crippen LogP contribution is -2.50. The smallest absolute Gasteiger partial charge is 0.116 e. The van der Waals surface area contributed by atoms with Crippen molar-refractivity contribution in [2.75, 3.05) is 26.7 Å². The lowest BCUT2D eigenvalue weighted by molar-refractivity contribution is 0.184. The Bertz CT molecular complexity index is 220. The maximum Gasteiger partial charge on any atom is 0.116 e. The molecule has 1 N–H and O–H groups in total. The van der Waals surface area contributed by atoms with Crippen molar-refractivity contribution in [3.05, 3.63) is 0 Å². The van der Waals surface area contributed by atoms with Gasteiger partial charge in [0.1, 0.15) is 5.54 Å². The Morgan fingerprint density at radius 1 is 1.19 bits per heavy atom. The van der Waals surface area contributed by atoms with Crippen molar-refractivity contribution in [1.29, 1.82) is 5.26 Å². The van der Waals surface area contributed by atoms with E-state index >= 15 is 0 Å². The Balaban J connectivity index is 4.47. The van der Waals surface area contributed by atoms with Gasteiger partial charge in [0.15, 0.2) is 0 Å². The summed E-state index contributed by atoms with van der Waals surface area (Å²) in [5.41, 5.74) is -0.441. The fourth-order valence-electron chi connectivity index (χ4n) is 1.85. The lowest BCUT2D eigenvalue weighted by Gasteiger charge is -2.32. The summed E-state index contributed by atoms with van der Waals surface area (Å²) in [6, 6.07) is 2.35. The minimum Gasteiger partial charge on any atom is -0.302 e. The van der Waals surface area contributed by atoms with Gasteiger partial charge < -0.3 is 5.32 Å². The molecule has 0 spiro atoms. The van der Waals surface area contributed by atoms with Crippen LogP contribution in [0.5, 0.6) is 0 Å². The lowest BCUT2D eigenvalue weighted by atomic mass is 10.0. The summed E-state index contributed by atoms with van der Waals surface area (Å²) in [6.07, 6.45) is 0. The Labute approximate surface area is 101 Å². The molecule has 0 aliphatic heterocycles. The average Bonchev–Trinajstić information content (AvgIpc) is 2.15. The van der Waals surface area contributed by atoms with Crippen LogP contribution in [0.4, 0.5) is 0 Å². The molecular weight excluding hydrogens is 198 g/mol. The van der Waals surface area contributed by atoms with Crippen molar-refractivity contribution in [1.82, 2.24) is 10.2 Å². The molecule has 0 saturated heterocycles. The van der Waals surface area contributed by atoms with Crippen molar-refractivity contribution >= 4 is 0 Å². The fraction of sp³-hybridized carbons (Fsp3) is 0.923. The molecule has 0 radical (unpaired) electrons. The number of nitriles is 1. The van der Waals surface area contributed by atoms with Crippen LogP contribution in [0.2, 0.25) is 0 Å². The van der Waals surface area contributed by atoms with Crippen LogP contribution in [-0.2, 0) is 0 Å². The van der Waals surface area contributed by atoms with E-state index in [1.54, 1.807) is 0 Å². The summed E-state index contributed by atoms with van der Waals surface area (Å²) in [4.78, 5) is 2.38. The van der Waals surface area contributed by atoms with Crippen molar-refractivity contribution in [2.45, 2.75) is 40.2 Å². The van der Waals surface area contributed by atoms with E-state index in [-0.39, 0.29) is 0 Å². The van der Waals surface area contributed by atoms with Crippen molar-refractivity contribution < 1.29 is 0 Å². The SMILES string of the molecule is CNC(C)(C#N)CN(CC(C)C)CC(C)C. The van der Waals surface area contributed by atoms with Gasteiger partial charge in [-0.1, -0.05) is 27.7 Å². The monoisotopic (exact) mass is 225 g/mol. The summed E-state index contributed by atoms with van der Waals surface area (Å²) >= 11 is 0. The highest BCUT2D eigenvalue weighted by Crippen LogP contribution is 2.10. The van der Waals surface area contributed by atoms with Gasteiger partial charge in [0.2, 0.25) is 0 Å². The van der Waals surface area contributed by atoms with Gasteiger partial charge in [-0.25, -0.2) is 0 Å². The molecule has 0 aromatic carbocycles. The van der Waals surface area contributed by atoms with Crippen LogP contribution in [0.1, 0.15) is 34.6 Å². The second-order valence-corrected chi connectivity index (χ2v) is 5.68. The minimum atomic E-state index is -0.441. The Morgan fingerprint density at radius 2 is 1.62 bits per heavy atom. The second kappa shape index (κ2) is 6.88. The third-order valence-electron chi connectivity index (χ3n) is 2.59. The van der Waals surface area contributed by atoms with E-state index < -0.39 is 5.54 Å². The van der Waals surface area contributed by atoms with E-state index in [9.17, 15) is 0 Å². The number of nitrogens with one attached hydrogen (secondary N) is 1. The Hall–Kier alpha value is -0.590. The van der Waals surface area contributed by atoms with Gasteiger partial charge in [-0.2, -0.15) is 5.26 Å². The van der Waals surface area contributed by atoms with E-state index in [0.29, 0.717) is 11.8 Å². The molecule has 0 aromatic heterocycles. The first-order valence-electron chi connectivity index (χ1n) is 6.15. The summed E-state index contributed by atoms with van der Waals surface area (Å²) < 4.78 is 0. The quantitative estimate of drug-likeness (QED) is 0.721. The predicted molar refractivity (Wildman–Crippen MR) is 69.2 cm³/mol. The molecule has 0 saturated carbocycles. The third kappa shape index (κ3) is 6.09. The molecular formula is C13H27N3. The fourth-order valence-corrected chi connectivity index (χ4v) is 1.85. The van der Waals surface area contributed by atoms with Crippen LogP contribution in [0.3, 0.4) is 0 Å². The molecule has 16 heavy (non-hydrogen) atoms. The molecule has 1 unspecified atom stereocenters. The van der Waals surface area contributed by atoms with Crippen molar-refractivity contribution in [3.63, 3.8) is 0 Å². The van der Waals surface area contributed by atoms with Gasteiger partial charge in [0, 0.05) is 19.6 Å². The maximum absolute atomic E-state index is 9.16. The van der Waals surface area contributed by atoms with Crippen LogP contribution >= 0.6 is 0 Å². The van der Waals surface area contributed by atoms with Crippen LogP contribution in [-0.4, -0.2) is 37.1 Å². The van der Waals surface area contributed by atoms with Gasteiger partial charge in [0.05, 0.1) is 6.07 Å². The van der Waals surface area contributed by atoms with Gasteiger partial charge >= 0.3 is 0 Å². The number of hydrogen-bond donors (Lipinski definition) is 1. The van der Waals surface area contributed by atoms with Crippen LogP contribution in [0.15, 0.2) is 0 Å². The Morgan fingerprint density at radius 3 is 1.88 bits per heavy atom. The maximum atomic E-state index is 9.16. The Kier molecular flexibility index (Phi) is 6.62. The summed E-state index contributed by atoms with van der Waals surface area (Å²) in [5.74, 6) is 1.28.